The van der Waals surface area contributed by atoms with Crippen LogP contribution in [0.2, 0.25) is 0 Å². The standard InChI is InChI=1S/C12H8FN3O/c13-10-3-1-9(2-4-10)8-17-12-7-15-6-11(5-14)16-12/h1-4,6-7H,8H2. The summed E-state index contributed by atoms with van der Waals surface area (Å²) < 4.78 is 18.0. The molecule has 0 unspecified atom stereocenters. The van der Waals surface area contributed by atoms with E-state index < -0.39 is 0 Å². The number of hydrogen-bond acceptors (Lipinski definition) is 4. The second kappa shape index (κ2) is 5.03. The number of rotatable bonds is 3. The summed E-state index contributed by atoms with van der Waals surface area (Å²) in [5.74, 6) is -0.0200. The molecule has 0 radical (unpaired) electrons. The summed E-state index contributed by atoms with van der Waals surface area (Å²) in [6, 6.07) is 7.83. The minimum Gasteiger partial charge on any atom is -0.472 e. The molecule has 0 aliphatic rings. The predicted molar refractivity (Wildman–Crippen MR) is 57.5 cm³/mol. The molecule has 0 aliphatic carbocycles. The Morgan fingerprint density at radius 3 is 2.71 bits per heavy atom. The van der Waals surface area contributed by atoms with Gasteiger partial charge in [0, 0.05) is 0 Å². The first-order chi connectivity index (χ1) is 8.28. The Morgan fingerprint density at radius 2 is 2.00 bits per heavy atom. The van der Waals surface area contributed by atoms with Crippen molar-refractivity contribution in [2.24, 2.45) is 0 Å². The van der Waals surface area contributed by atoms with E-state index in [0.717, 1.165) is 5.56 Å². The molecule has 2 aromatic rings. The lowest BCUT2D eigenvalue weighted by Gasteiger charge is -2.04. The third-order valence-corrected chi connectivity index (χ3v) is 2.03. The number of nitrogens with zero attached hydrogens (tertiary/aromatic N) is 3. The van der Waals surface area contributed by atoms with Gasteiger partial charge in [0.15, 0.2) is 5.69 Å². The summed E-state index contributed by atoms with van der Waals surface area (Å²) in [4.78, 5) is 7.72. The fourth-order valence-electron chi connectivity index (χ4n) is 1.21. The molecule has 17 heavy (non-hydrogen) atoms. The smallest absolute Gasteiger partial charge is 0.233 e. The van der Waals surface area contributed by atoms with Crippen LogP contribution in [0.25, 0.3) is 0 Å². The van der Waals surface area contributed by atoms with Gasteiger partial charge < -0.3 is 4.74 Å². The van der Waals surface area contributed by atoms with Gasteiger partial charge in [-0.05, 0) is 17.7 Å². The van der Waals surface area contributed by atoms with Crippen LogP contribution in [0.5, 0.6) is 5.88 Å². The lowest BCUT2D eigenvalue weighted by Crippen LogP contribution is -1.99. The average Bonchev–Trinajstić information content (AvgIpc) is 2.38. The molecule has 0 saturated heterocycles. The zero-order chi connectivity index (χ0) is 12.1. The Hall–Kier alpha value is -2.48. The molecule has 0 N–H and O–H groups in total. The molecule has 4 nitrogen and oxygen atoms in total. The predicted octanol–water partition coefficient (Wildman–Crippen LogP) is 2.07. The summed E-state index contributed by atoms with van der Waals surface area (Å²) in [5, 5.41) is 8.63. The SMILES string of the molecule is N#Cc1cncc(OCc2ccc(F)cc2)n1. The topological polar surface area (TPSA) is 58.8 Å². The lowest BCUT2D eigenvalue weighted by atomic mass is 10.2. The van der Waals surface area contributed by atoms with Gasteiger partial charge >= 0.3 is 0 Å². The molecule has 0 fully saturated rings. The Bertz CT molecular complexity index is 548. The highest BCUT2D eigenvalue weighted by atomic mass is 19.1. The minimum atomic E-state index is -0.292. The Morgan fingerprint density at radius 1 is 1.24 bits per heavy atom. The summed E-state index contributed by atoms with van der Waals surface area (Å²) >= 11 is 0. The molecule has 0 amide bonds. The van der Waals surface area contributed by atoms with Crippen LogP contribution in [0.1, 0.15) is 11.3 Å². The highest BCUT2D eigenvalue weighted by Gasteiger charge is 2.00. The van der Waals surface area contributed by atoms with Crippen molar-refractivity contribution in [3.05, 3.63) is 53.7 Å². The molecule has 0 spiro atoms. The average molecular weight is 229 g/mol. The third kappa shape index (κ3) is 2.98. The van der Waals surface area contributed by atoms with Crippen LogP contribution >= 0.6 is 0 Å². The van der Waals surface area contributed by atoms with Crippen LogP contribution in [0.15, 0.2) is 36.7 Å². The number of aromatic nitrogens is 2. The monoisotopic (exact) mass is 229 g/mol. The van der Waals surface area contributed by atoms with Gasteiger partial charge in [-0.25, -0.2) is 4.39 Å². The molecule has 84 valence electrons. The van der Waals surface area contributed by atoms with E-state index >= 15 is 0 Å². The fraction of sp³-hybridized carbons (Fsp3) is 0.0833. The normalized spacial score (nSPS) is 9.65. The van der Waals surface area contributed by atoms with Gasteiger partial charge in [-0.3, -0.25) is 4.98 Å². The van der Waals surface area contributed by atoms with Gasteiger partial charge in [-0.15, -0.1) is 0 Å². The third-order valence-electron chi connectivity index (χ3n) is 2.03. The van der Waals surface area contributed by atoms with Crippen molar-refractivity contribution < 1.29 is 9.13 Å². The van der Waals surface area contributed by atoms with Gasteiger partial charge in [0.1, 0.15) is 18.5 Å². The number of benzene rings is 1. The molecule has 5 heteroatoms. The van der Waals surface area contributed by atoms with Crippen molar-refractivity contribution in [1.82, 2.24) is 9.97 Å². The van der Waals surface area contributed by atoms with E-state index in [-0.39, 0.29) is 24.0 Å². The minimum absolute atomic E-state index is 0.196. The maximum absolute atomic E-state index is 12.6. The first-order valence-electron chi connectivity index (χ1n) is 4.87. The maximum Gasteiger partial charge on any atom is 0.233 e. The molecular formula is C12H8FN3O. The second-order valence-corrected chi connectivity index (χ2v) is 3.27. The molecule has 1 heterocycles. The Labute approximate surface area is 97.3 Å². The van der Waals surface area contributed by atoms with Gasteiger partial charge in [-0.1, -0.05) is 12.1 Å². The van der Waals surface area contributed by atoms with E-state index in [4.69, 9.17) is 10.00 Å². The van der Waals surface area contributed by atoms with Crippen molar-refractivity contribution in [3.8, 4) is 11.9 Å². The van der Waals surface area contributed by atoms with Crippen molar-refractivity contribution in [2.75, 3.05) is 0 Å². The highest BCUT2D eigenvalue weighted by molar-refractivity contribution is 5.20. The molecule has 0 atom stereocenters. The molecular weight excluding hydrogens is 221 g/mol. The first-order valence-corrected chi connectivity index (χ1v) is 4.87. The molecule has 0 saturated carbocycles. The molecule has 0 bridgehead atoms. The summed E-state index contributed by atoms with van der Waals surface area (Å²) in [6.45, 7) is 0.254. The van der Waals surface area contributed by atoms with Gasteiger partial charge in [0.05, 0.1) is 12.4 Å². The van der Waals surface area contributed by atoms with Crippen LogP contribution in [-0.4, -0.2) is 9.97 Å². The largest absolute Gasteiger partial charge is 0.472 e. The summed E-state index contributed by atoms with van der Waals surface area (Å²) in [7, 11) is 0. The lowest BCUT2D eigenvalue weighted by molar-refractivity contribution is 0.292. The van der Waals surface area contributed by atoms with E-state index in [2.05, 4.69) is 9.97 Å². The number of halogens is 1. The van der Waals surface area contributed by atoms with Crippen LogP contribution in [0.3, 0.4) is 0 Å². The number of ether oxygens (including phenoxy) is 1. The fourth-order valence-corrected chi connectivity index (χ4v) is 1.21. The van der Waals surface area contributed by atoms with E-state index in [1.54, 1.807) is 12.1 Å². The van der Waals surface area contributed by atoms with Gasteiger partial charge in [0.25, 0.3) is 0 Å². The van der Waals surface area contributed by atoms with E-state index in [0.29, 0.717) is 0 Å². The Balaban J connectivity index is 2.02. The maximum atomic E-state index is 12.6. The zero-order valence-corrected chi connectivity index (χ0v) is 8.80. The molecule has 2 rings (SSSR count). The Kier molecular flexibility index (Phi) is 3.26. The van der Waals surface area contributed by atoms with Gasteiger partial charge in [-0.2, -0.15) is 10.2 Å². The summed E-state index contributed by atoms with van der Waals surface area (Å²) in [5.41, 5.74) is 1.01. The number of hydrogen-bond donors (Lipinski definition) is 0. The quantitative estimate of drug-likeness (QED) is 0.808. The number of nitriles is 1. The van der Waals surface area contributed by atoms with Crippen molar-refractivity contribution in [1.29, 1.82) is 5.26 Å². The van der Waals surface area contributed by atoms with E-state index in [1.807, 2.05) is 6.07 Å². The van der Waals surface area contributed by atoms with E-state index in [9.17, 15) is 4.39 Å². The molecule has 1 aromatic carbocycles. The van der Waals surface area contributed by atoms with Crippen LogP contribution in [-0.2, 0) is 6.61 Å². The first kappa shape index (κ1) is 11.0. The highest BCUT2D eigenvalue weighted by Crippen LogP contribution is 2.09. The van der Waals surface area contributed by atoms with Crippen LogP contribution < -0.4 is 4.74 Å². The van der Waals surface area contributed by atoms with Crippen molar-refractivity contribution >= 4 is 0 Å². The summed E-state index contributed by atoms with van der Waals surface area (Å²) in [6.07, 6.45) is 2.77. The van der Waals surface area contributed by atoms with Crippen molar-refractivity contribution in [2.45, 2.75) is 6.61 Å². The van der Waals surface area contributed by atoms with Crippen molar-refractivity contribution in [3.63, 3.8) is 0 Å². The second-order valence-electron chi connectivity index (χ2n) is 3.27. The molecule has 0 aliphatic heterocycles. The molecule has 1 aromatic heterocycles. The van der Waals surface area contributed by atoms with E-state index in [1.165, 1.54) is 24.5 Å². The van der Waals surface area contributed by atoms with Crippen LogP contribution in [0.4, 0.5) is 4.39 Å². The van der Waals surface area contributed by atoms with Gasteiger partial charge in [0.2, 0.25) is 5.88 Å². The zero-order valence-electron chi connectivity index (χ0n) is 8.80. The van der Waals surface area contributed by atoms with Crippen LogP contribution in [0, 0.1) is 17.1 Å².